The average molecular weight is 617 g/mol. The molecule has 230 valence electrons. The van der Waals surface area contributed by atoms with Crippen molar-refractivity contribution in [3.05, 3.63) is 83.0 Å². The van der Waals surface area contributed by atoms with Gasteiger partial charge in [-0.05, 0) is 30.7 Å². The van der Waals surface area contributed by atoms with Crippen LogP contribution in [0.4, 0.5) is 30.7 Å². The molecule has 4 heterocycles. The van der Waals surface area contributed by atoms with Crippen molar-refractivity contribution in [2.45, 2.75) is 44.6 Å². The van der Waals surface area contributed by atoms with E-state index in [0.29, 0.717) is 6.20 Å². The summed E-state index contributed by atoms with van der Waals surface area (Å²) in [4.78, 5) is 32.1. The second-order valence-corrected chi connectivity index (χ2v) is 9.12. The maximum absolute atomic E-state index is 14.6. The van der Waals surface area contributed by atoms with Crippen LogP contribution in [0.15, 0.2) is 54.8 Å². The summed E-state index contributed by atoms with van der Waals surface area (Å²) in [5, 5.41) is 13.6. The van der Waals surface area contributed by atoms with Gasteiger partial charge in [0.05, 0.1) is 48.3 Å². The number of halogens is 7. The van der Waals surface area contributed by atoms with Gasteiger partial charge in [-0.3, -0.25) is 30.0 Å². The Labute approximate surface area is 238 Å². The van der Waals surface area contributed by atoms with Gasteiger partial charge in [-0.25, -0.2) is 9.07 Å². The molecule has 0 aromatic carbocycles. The Kier molecular flexibility index (Phi) is 9.42. The second-order valence-electron chi connectivity index (χ2n) is 9.12. The lowest BCUT2D eigenvalue weighted by atomic mass is 10.2. The molecule has 3 aromatic heterocycles. The second kappa shape index (κ2) is 13.0. The summed E-state index contributed by atoms with van der Waals surface area (Å²) < 4.78 is 92.0. The Balaban J connectivity index is 1.18. The standard InChI is InChI=1S/C24H23F7N10O2/c25-16(11-41-13-20(37-39-41)22(43)35-10-18-7-14(3-5-32-18)23(26,27)28)4-6-40-12-19(36-38-40)21(42)34-9-17-2-1-15(8-33-17)24(29,30)31/h1-3,5,7-8,12-13,16,36,38H,4,6,9-11H2,(H,34,42)(H,35,43). The van der Waals surface area contributed by atoms with E-state index in [4.69, 9.17) is 0 Å². The van der Waals surface area contributed by atoms with Crippen molar-refractivity contribution in [1.29, 1.82) is 0 Å². The van der Waals surface area contributed by atoms with Crippen molar-refractivity contribution in [1.82, 2.24) is 51.6 Å². The molecule has 0 saturated carbocycles. The van der Waals surface area contributed by atoms with E-state index in [1.807, 2.05) is 0 Å². The third kappa shape index (κ3) is 8.84. The average Bonchev–Trinajstić information content (AvgIpc) is 3.63. The van der Waals surface area contributed by atoms with Crippen molar-refractivity contribution in [2.75, 3.05) is 6.54 Å². The number of hydrogen-bond donors (Lipinski definition) is 4. The zero-order valence-electron chi connectivity index (χ0n) is 21.9. The van der Waals surface area contributed by atoms with E-state index >= 15 is 0 Å². The normalized spacial score (nSPS) is 14.2. The van der Waals surface area contributed by atoms with E-state index in [1.54, 1.807) is 0 Å². The molecule has 43 heavy (non-hydrogen) atoms. The van der Waals surface area contributed by atoms with Gasteiger partial charge in [0.1, 0.15) is 11.9 Å². The van der Waals surface area contributed by atoms with Gasteiger partial charge in [0.15, 0.2) is 5.69 Å². The molecule has 12 nitrogen and oxygen atoms in total. The van der Waals surface area contributed by atoms with Gasteiger partial charge in [0, 0.05) is 25.1 Å². The molecule has 1 aliphatic rings. The zero-order chi connectivity index (χ0) is 31.2. The highest BCUT2D eigenvalue weighted by atomic mass is 19.4. The number of amides is 2. The Bertz CT molecular complexity index is 1460. The largest absolute Gasteiger partial charge is 0.417 e. The van der Waals surface area contributed by atoms with Crippen LogP contribution < -0.4 is 21.6 Å². The molecule has 3 aromatic rings. The van der Waals surface area contributed by atoms with E-state index in [1.165, 1.54) is 17.4 Å². The van der Waals surface area contributed by atoms with Crippen LogP contribution in [-0.4, -0.2) is 54.5 Å². The van der Waals surface area contributed by atoms with E-state index in [-0.39, 0.29) is 55.4 Å². The van der Waals surface area contributed by atoms with E-state index in [9.17, 15) is 40.3 Å². The highest BCUT2D eigenvalue weighted by molar-refractivity contribution is 5.92. The third-order valence-electron chi connectivity index (χ3n) is 5.86. The van der Waals surface area contributed by atoms with Crippen LogP contribution in [0.1, 0.15) is 39.4 Å². The van der Waals surface area contributed by atoms with Gasteiger partial charge in [-0.15, -0.1) is 10.6 Å². The number of carbonyl (C=O) groups excluding carboxylic acids is 2. The number of carbonyl (C=O) groups is 2. The quantitative estimate of drug-likeness (QED) is 0.239. The molecule has 1 aliphatic heterocycles. The number of hydrogen-bond acceptors (Lipinski definition) is 9. The van der Waals surface area contributed by atoms with Crippen LogP contribution in [0.5, 0.6) is 0 Å². The predicted molar refractivity (Wildman–Crippen MR) is 132 cm³/mol. The monoisotopic (exact) mass is 616 g/mol. The zero-order valence-corrected chi connectivity index (χ0v) is 21.9. The number of aromatic nitrogens is 5. The highest BCUT2D eigenvalue weighted by Crippen LogP contribution is 2.29. The molecule has 0 bridgehead atoms. The number of nitrogens with zero attached hydrogens (tertiary/aromatic N) is 6. The van der Waals surface area contributed by atoms with Gasteiger partial charge in [0.2, 0.25) is 0 Å². The van der Waals surface area contributed by atoms with Gasteiger partial charge in [0.25, 0.3) is 11.8 Å². The molecular weight excluding hydrogens is 593 g/mol. The van der Waals surface area contributed by atoms with Crippen molar-refractivity contribution >= 4 is 11.8 Å². The van der Waals surface area contributed by atoms with Crippen molar-refractivity contribution in [3.8, 4) is 0 Å². The molecule has 19 heteroatoms. The first kappa shape index (κ1) is 31.1. The van der Waals surface area contributed by atoms with E-state index < -0.39 is 41.5 Å². The topological polar surface area (TPSA) is 142 Å². The van der Waals surface area contributed by atoms with Crippen LogP contribution in [0.25, 0.3) is 0 Å². The minimum Gasteiger partial charge on any atom is -0.345 e. The predicted octanol–water partition coefficient (Wildman–Crippen LogP) is 2.25. The van der Waals surface area contributed by atoms with Crippen LogP contribution in [0.2, 0.25) is 0 Å². The maximum atomic E-state index is 14.6. The lowest BCUT2D eigenvalue weighted by Gasteiger charge is -2.16. The summed E-state index contributed by atoms with van der Waals surface area (Å²) in [6, 6.07) is 3.62. The number of pyridine rings is 2. The molecule has 0 fully saturated rings. The van der Waals surface area contributed by atoms with Crippen molar-refractivity contribution < 1.29 is 40.3 Å². The minimum absolute atomic E-state index is 0.0183. The summed E-state index contributed by atoms with van der Waals surface area (Å²) in [6.45, 7) is -0.564. The summed E-state index contributed by atoms with van der Waals surface area (Å²) in [6.07, 6.45) is -6.34. The Hall–Kier alpha value is -4.81. The van der Waals surface area contributed by atoms with Gasteiger partial charge in [-0.1, -0.05) is 5.21 Å². The minimum atomic E-state index is -4.55. The lowest BCUT2D eigenvalue weighted by molar-refractivity contribution is -0.138. The third-order valence-corrected chi connectivity index (χ3v) is 5.86. The van der Waals surface area contributed by atoms with Gasteiger partial charge >= 0.3 is 12.4 Å². The summed E-state index contributed by atoms with van der Waals surface area (Å²) >= 11 is 0. The number of alkyl halides is 7. The molecule has 2 amide bonds. The van der Waals surface area contributed by atoms with Crippen LogP contribution >= 0.6 is 0 Å². The first-order valence-electron chi connectivity index (χ1n) is 12.4. The van der Waals surface area contributed by atoms with Crippen LogP contribution in [0, 0.1) is 0 Å². The Morgan fingerprint density at radius 3 is 2.35 bits per heavy atom. The fraction of sp³-hybridized carbons (Fsp3) is 0.333. The van der Waals surface area contributed by atoms with Crippen molar-refractivity contribution in [2.24, 2.45) is 0 Å². The maximum Gasteiger partial charge on any atom is 0.417 e. The lowest BCUT2D eigenvalue weighted by Crippen LogP contribution is -2.40. The SMILES string of the molecule is O=C(NCc1ccc(C(F)(F)F)cn1)C1=CN(CCC(F)Cn2cc(C(=O)NCc3cc(C(F)(F)F)ccn3)nn2)NN1. The summed E-state index contributed by atoms with van der Waals surface area (Å²) in [5.41, 5.74) is 3.54. The smallest absolute Gasteiger partial charge is 0.345 e. The summed E-state index contributed by atoms with van der Waals surface area (Å²) in [7, 11) is 0. The Morgan fingerprint density at radius 1 is 0.930 bits per heavy atom. The fourth-order valence-corrected chi connectivity index (χ4v) is 3.63. The van der Waals surface area contributed by atoms with Crippen LogP contribution in [-0.2, 0) is 36.8 Å². The number of nitrogens with one attached hydrogen (secondary N) is 4. The Morgan fingerprint density at radius 2 is 1.65 bits per heavy atom. The molecule has 0 aliphatic carbocycles. The van der Waals surface area contributed by atoms with E-state index in [2.05, 4.69) is 41.9 Å². The molecule has 4 rings (SSSR count). The van der Waals surface area contributed by atoms with Crippen molar-refractivity contribution in [3.63, 3.8) is 0 Å². The molecular formula is C24H23F7N10O2. The van der Waals surface area contributed by atoms with E-state index in [0.717, 1.165) is 35.1 Å². The molecule has 1 atom stereocenters. The molecule has 0 saturated heterocycles. The summed E-state index contributed by atoms with van der Waals surface area (Å²) in [5.74, 6) is -1.32. The first-order valence-corrected chi connectivity index (χ1v) is 12.4. The molecule has 0 spiro atoms. The number of rotatable bonds is 11. The van der Waals surface area contributed by atoms with Crippen LogP contribution in [0.3, 0.4) is 0 Å². The highest BCUT2D eigenvalue weighted by Gasteiger charge is 2.31. The molecule has 1 unspecified atom stereocenters. The molecule has 0 radical (unpaired) electrons. The molecule has 4 N–H and O–H groups in total. The van der Waals surface area contributed by atoms with Gasteiger partial charge in [-0.2, -0.15) is 26.3 Å². The first-order chi connectivity index (χ1) is 20.3. The number of hydrazine groups is 2. The fourth-order valence-electron chi connectivity index (χ4n) is 3.63. The van der Waals surface area contributed by atoms with Gasteiger partial charge < -0.3 is 10.6 Å².